The summed E-state index contributed by atoms with van der Waals surface area (Å²) in [5, 5.41) is -1.02. The summed E-state index contributed by atoms with van der Waals surface area (Å²) in [5.74, 6) is -1.84. The molecular formula is C15H18ClF2NO2. The molecule has 0 saturated carbocycles. The third-order valence-corrected chi connectivity index (χ3v) is 3.76. The molecule has 0 bridgehead atoms. The fourth-order valence-corrected chi connectivity index (χ4v) is 2.59. The molecule has 0 unspecified atom stereocenters. The van der Waals surface area contributed by atoms with E-state index in [-0.39, 0.29) is 5.75 Å². The Morgan fingerprint density at radius 1 is 1.19 bits per heavy atom. The lowest BCUT2D eigenvalue weighted by molar-refractivity contribution is 0.107. The Labute approximate surface area is 127 Å². The number of hydrogen-bond acceptors (Lipinski definition) is 3. The van der Waals surface area contributed by atoms with Gasteiger partial charge in [0.05, 0.1) is 12.2 Å². The first-order valence-corrected chi connectivity index (χ1v) is 7.50. The minimum Gasteiger partial charge on any atom is -0.490 e. The van der Waals surface area contributed by atoms with Gasteiger partial charge in [-0.25, -0.2) is 8.78 Å². The van der Waals surface area contributed by atoms with Gasteiger partial charge in [-0.15, -0.1) is 0 Å². The van der Waals surface area contributed by atoms with Gasteiger partial charge in [0.1, 0.15) is 5.82 Å². The summed E-state index contributed by atoms with van der Waals surface area (Å²) in [7, 11) is 0. The second-order valence-corrected chi connectivity index (χ2v) is 5.48. The van der Waals surface area contributed by atoms with Crippen molar-refractivity contribution in [2.75, 3.05) is 26.2 Å². The highest BCUT2D eigenvalue weighted by Gasteiger charge is 2.15. The normalized spacial score (nSPS) is 16.0. The van der Waals surface area contributed by atoms with E-state index in [1.807, 2.05) is 0 Å². The van der Waals surface area contributed by atoms with Crippen LogP contribution >= 0.6 is 11.6 Å². The van der Waals surface area contributed by atoms with E-state index in [0.29, 0.717) is 6.61 Å². The maximum atomic E-state index is 13.7. The molecule has 0 radical (unpaired) electrons. The molecule has 1 fully saturated rings. The van der Waals surface area contributed by atoms with Crippen molar-refractivity contribution >= 4 is 16.8 Å². The zero-order chi connectivity index (χ0) is 15.2. The SMILES string of the molecule is O=C(Cl)c1cc(F)c(OCCCN2CCCCC2)cc1F. The third-order valence-electron chi connectivity index (χ3n) is 3.56. The van der Waals surface area contributed by atoms with Crippen molar-refractivity contribution in [3.8, 4) is 5.75 Å². The molecule has 0 N–H and O–H groups in total. The molecule has 21 heavy (non-hydrogen) atoms. The molecule has 1 aromatic carbocycles. The smallest absolute Gasteiger partial charge is 0.255 e. The lowest BCUT2D eigenvalue weighted by atomic mass is 10.1. The molecule has 1 aromatic rings. The predicted octanol–water partition coefficient (Wildman–Crippen LogP) is 3.60. The van der Waals surface area contributed by atoms with Gasteiger partial charge in [0.25, 0.3) is 5.24 Å². The number of rotatable bonds is 6. The number of carbonyl (C=O) groups is 1. The Balaban J connectivity index is 1.82. The highest BCUT2D eigenvalue weighted by Crippen LogP contribution is 2.23. The highest BCUT2D eigenvalue weighted by atomic mass is 35.5. The number of hydrogen-bond donors (Lipinski definition) is 0. The zero-order valence-corrected chi connectivity index (χ0v) is 12.5. The summed E-state index contributed by atoms with van der Waals surface area (Å²) in [6.07, 6.45) is 4.46. The van der Waals surface area contributed by atoms with Crippen molar-refractivity contribution < 1.29 is 18.3 Å². The van der Waals surface area contributed by atoms with Crippen molar-refractivity contribution in [2.45, 2.75) is 25.7 Å². The van der Waals surface area contributed by atoms with Crippen LogP contribution < -0.4 is 4.74 Å². The number of benzene rings is 1. The van der Waals surface area contributed by atoms with E-state index in [2.05, 4.69) is 4.90 Å². The lowest BCUT2D eigenvalue weighted by Gasteiger charge is -2.26. The molecule has 0 aromatic heterocycles. The van der Waals surface area contributed by atoms with E-state index < -0.39 is 22.4 Å². The zero-order valence-electron chi connectivity index (χ0n) is 11.7. The summed E-state index contributed by atoms with van der Waals surface area (Å²) in [5.41, 5.74) is -0.477. The Morgan fingerprint density at radius 3 is 2.57 bits per heavy atom. The molecule has 0 spiro atoms. The van der Waals surface area contributed by atoms with Crippen molar-refractivity contribution in [3.05, 3.63) is 29.3 Å². The molecule has 116 valence electrons. The minimum absolute atomic E-state index is 0.187. The average Bonchev–Trinajstić information content (AvgIpc) is 2.47. The van der Waals surface area contributed by atoms with Crippen LogP contribution in [0.5, 0.6) is 5.75 Å². The van der Waals surface area contributed by atoms with Crippen LogP contribution in [-0.4, -0.2) is 36.4 Å². The fourth-order valence-electron chi connectivity index (χ4n) is 2.44. The van der Waals surface area contributed by atoms with E-state index in [9.17, 15) is 13.6 Å². The van der Waals surface area contributed by atoms with Crippen molar-refractivity contribution in [3.63, 3.8) is 0 Å². The lowest BCUT2D eigenvalue weighted by Crippen LogP contribution is -2.31. The van der Waals surface area contributed by atoms with Crippen LogP contribution in [0, 0.1) is 11.6 Å². The molecule has 1 saturated heterocycles. The number of nitrogens with zero attached hydrogens (tertiary/aromatic N) is 1. The van der Waals surface area contributed by atoms with Crippen LogP contribution in [-0.2, 0) is 0 Å². The van der Waals surface area contributed by atoms with E-state index >= 15 is 0 Å². The number of halogens is 3. The van der Waals surface area contributed by atoms with Gasteiger partial charge >= 0.3 is 0 Å². The number of carbonyl (C=O) groups excluding carboxylic acids is 1. The second-order valence-electron chi connectivity index (χ2n) is 5.14. The van der Waals surface area contributed by atoms with Gasteiger partial charge in [0.15, 0.2) is 11.6 Å². The summed E-state index contributed by atoms with van der Waals surface area (Å²) in [6, 6.07) is 1.64. The van der Waals surface area contributed by atoms with E-state index in [4.69, 9.17) is 16.3 Å². The first-order chi connectivity index (χ1) is 10.1. The number of piperidine rings is 1. The van der Waals surface area contributed by atoms with Gasteiger partial charge in [0, 0.05) is 12.6 Å². The minimum atomic E-state index is -1.02. The predicted molar refractivity (Wildman–Crippen MR) is 76.9 cm³/mol. The second kappa shape index (κ2) is 7.71. The molecule has 2 rings (SSSR count). The van der Waals surface area contributed by atoms with Gasteiger partial charge in [-0.1, -0.05) is 6.42 Å². The summed E-state index contributed by atoms with van der Waals surface area (Å²) >= 11 is 5.15. The highest BCUT2D eigenvalue weighted by molar-refractivity contribution is 6.67. The van der Waals surface area contributed by atoms with Crippen LogP contribution in [0.15, 0.2) is 12.1 Å². The molecule has 0 atom stereocenters. The molecule has 0 aliphatic carbocycles. The van der Waals surface area contributed by atoms with Crippen molar-refractivity contribution in [2.24, 2.45) is 0 Å². The van der Waals surface area contributed by atoms with Crippen molar-refractivity contribution in [1.82, 2.24) is 4.90 Å². The Bertz CT molecular complexity index is 505. The van der Waals surface area contributed by atoms with Gasteiger partial charge in [-0.05, 0) is 50.0 Å². The van der Waals surface area contributed by atoms with E-state index in [1.165, 1.54) is 19.3 Å². The fraction of sp³-hybridized carbons (Fsp3) is 0.533. The largest absolute Gasteiger partial charge is 0.490 e. The Hall–Kier alpha value is -1.20. The van der Waals surface area contributed by atoms with E-state index in [0.717, 1.165) is 38.2 Å². The van der Waals surface area contributed by atoms with Gasteiger partial charge in [-0.3, -0.25) is 4.79 Å². The molecule has 1 aliphatic rings. The summed E-state index contributed by atoms with van der Waals surface area (Å²) < 4.78 is 32.4. The number of ether oxygens (including phenoxy) is 1. The molecule has 1 heterocycles. The molecule has 3 nitrogen and oxygen atoms in total. The third kappa shape index (κ3) is 4.64. The summed E-state index contributed by atoms with van der Waals surface area (Å²) in [4.78, 5) is 13.2. The maximum absolute atomic E-state index is 13.7. The van der Waals surface area contributed by atoms with Crippen molar-refractivity contribution in [1.29, 1.82) is 0 Å². The summed E-state index contributed by atoms with van der Waals surface area (Å²) in [6.45, 7) is 3.38. The average molecular weight is 318 g/mol. The van der Waals surface area contributed by atoms with Crippen LogP contribution in [0.25, 0.3) is 0 Å². The monoisotopic (exact) mass is 317 g/mol. The van der Waals surface area contributed by atoms with Crippen LogP contribution in [0.3, 0.4) is 0 Å². The molecule has 1 aliphatic heterocycles. The molecule has 6 heteroatoms. The van der Waals surface area contributed by atoms with Crippen LogP contribution in [0.2, 0.25) is 0 Å². The topological polar surface area (TPSA) is 29.5 Å². The van der Waals surface area contributed by atoms with Crippen LogP contribution in [0.4, 0.5) is 8.78 Å². The van der Waals surface area contributed by atoms with Gasteiger partial charge in [-0.2, -0.15) is 0 Å². The van der Waals surface area contributed by atoms with Crippen LogP contribution in [0.1, 0.15) is 36.0 Å². The first kappa shape index (κ1) is 16.2. The molecular weight excluding hydrogens is 300 g/mol. The van der Waals surface area contributed by atoms with E-state index in [1.54, 1.807) is 0 Å². The molecule has 0 amide bonds. The quantitative estimate of drug-likeness (QED) is 0.593. The van der Waals surface area contributed by atoms with Gasteiger partial charge < -0.3 is 9.64 Å². The van der Waals surface area contributed by atoms with Gasteiger partial charge in [0.2, 0.25) is 0 Å². The standard InChI is InChI=1S/C15H18ClF2NO2/c16-15(20)11-9-13(18)14(10-12(11)17)21-8-4-7-19-5-2-1-3-6-19/h9-10H,1-8H2. The Morgan fingerprint density at radius 2 is 1.90 bits per heavy atom. The number of likely N-dealkylation sites (tertiary alicyclic amines) is 1. The Kier molecular flexibility index (Phi) is 5.94. The maximum Gasteiger partial charge on any atom is 0.255 e. The first-order valence-electron chi connectivity index (χ1n) is 7.12.